The van der Waals surface area contributed by atoms with Crippen molar-refractivity contribution in [2.24, 2.45) is 0 Å². The van der Waals surface area contributed by atoms with Crippen molar-refractivity contribution in [1.29, 1.82) is 0 Å². The van der Waals surface area contributed by atoms with Gasteiger partial charge in [-0.05, 0) is 31.4 Å². The Labute approximate surface area is 153 Å². The van der Waals surface area contributed by atoms with E-state index in [1.807, 2.05) is 19.1 Å². The van der Waals surface area contributed by atoms with E-state index in [4.69, 9.17) is 4.74 Å². The summed E-state index contributed by atoms with van der Waals surface area (Å²) in [6, 6.07) is 3.77. The SMILES string of the molecule is CCOC1(CNC(=O)CC2Sc3ncccc3CC2=O)CCCCC1. The largest absolute Gasteiger partial charge is 0.373 e. The van der Waals surface area contributed by atoms with Crippen molar-refractivity contribution < 1.29 is 14.3 Å². The second-order valence-corrected chi connectivity index (χ2v) is 8.07. The van der Waals surface area contributed by atoms with Crippen molar-refractivity contribution in [2.45, 2.75) is 67.7 Å². The summed E-state index contributed by atoms with van der Waals surface area (Å²) in [4.78, 5) is 29.0. The average Bonchev–Trinajstić information content (AvgIpc) is 2.62. The smallest absolute Gasteiger partial charge is 0.221 e. The van der Waals surface area contributed by atoms with Crippen molar-refractivity contribution in [1.82, 2.24) is 10.3 Å². The lowest BCUT2D eigenvalue weighted by Gasteiger charge is -2.37. The molecule has 1 aromatic heterocycles. The number of carbonyl (C=O) groups is 2. The van der Waals surface area contributed by atoms with E-state index in [0.29, 0.717) is 19.6 Å². The predicted octanol–water partition coefficient (Wildman–Crippen LogP) is 2.91. The number of ether oxygens (including phenoxy) is 1. The van der Waals surface area contributed by atoms with Gasteiger partial charge in [-0.2, -0.15) is 0 Å². The zero-order valence-corrected chi connectivity index (χ0v) is 15.6. The Kier molecular flexibility index (Phi) is 6.12. The van der Waals surface area contributed by atoms with Crippen LogP contribution in [-0.4, -0.2) is 40.7 Å². The number of Topliss-reactive ketones (excluding diaryl/α,β-unsaturated/α-hetero) is 1. The Bertz CT molecular complexity index is 623. The maximum absolute atomic E-state index is 12.4. The fourth-order valence-electron chi connectivity index (χ4n) is 3.70. The van der Waals surface area contributed by atoms with Crippen molar-refractivity contribution in [3.05, 3.63) is 23.9 Å². The number of hydrogen-bond acceptors (Lipinski definition) is 5. The molecule has 0 bridgehead atoms. The van der Waals surface area contributed by atoms with Gasteiger partial charge in [-0.25, -0.2) is 4.98 Å². The van der Waals surface area contributed by atoms with Gasteiger partial charge in [-0.3, -0.25) is 9.59 Å². The molecule has 1 amide bonds. The second kappa shape index (κ2) is 8.32. The zero-order valence-electron chi connectivity index (χ0n) is 14.8. The predicted molar refractivity (Wildman–Crippen MR) is 97.7 cm³/mol. The highest BCUT2D eigenvalue weighted by atomic mass is 32.2. The van der Waals surface area contributed by atoms with Gasteiger partial charge >= 0.3 is 0 Å². The topological polar surface area (TPSA) is 68.3 Å². The normalized spacial score (nSPS) is 22.3. The van der Waals surface area contributed by atoms with Crippen LogP contribution >= 0.6 is 11.8 Å². The van der Waals surface area contributed by atoms with Gasteiger partial charge in [-0.15, -0.1) is 0 Å². The van der Waals surface area contributed by atoms with Gasteiger partial charge in [0.15, 0.2) is 5.78 Å². The Hall–Kier alpha value is -1.40. The third kappa shape index (κ3) is 4.61. The van der Waals surface area contributed by atoms with Crippen LogP contribution in [0.25, 0.3) is 0 Å². The molecule has 0 saturated heterocycles. The highest BCUT2D eigenvalue weighted by molar-refractivity contribution is 8.00. The second-order valence-electron chi connectivity index (χ2n) is 6.87. The molecular formula is C19H26N2O3S. The molecule has 1 fully saturated rings. The van der Waals surface area contributed by atoms with Gasteiger partial charge in [0.1, 0.15) is 5.03 Å². The monoisotopic (exact) mass is 362 g/mol. The number of nitrogens with one attached hydrogen (secondary N) is 1. The van der Waals surface area contributed by atoms with E-state index < -0.39 is 0 Å². The maximum atomic E-state index is 12.4. The van der Waals surface area contributed by atoms with E-state index in [-0.39, 0.29) is 29.0 Å². The summed E-state index contributed by atoms with van der Waals surface area (Å²) >= 11 is 1.41. The first-order valence-corrected chi connectivity index (χ1v) is 10.0. The molecule has 1 aliphatic heterocycles. The Morgan fingerprint density at radius 3 is 2.96 bits per heavy atom. The van der Waals surface area contributed by atoms with E-state index in [1.165, 1.54) is 18.2 Å². The van der Waals surface area contributed by atoms with Gasteiger partial charge in [0.05, 0.1) is 10.9 Å². The van der Waals surface area contributed by atoms with Crippen LogP contribution in [0.3, 0.4) is 0 Å². The third-order valence-electron chi connectivity index (χ3n) is 5.02. The molecule has 1 atom stereocenters. The molecule has 2 aliphatic rings. The van der Waals surface area contributed by atoms with Crippen molar-refractivity contribution in [3.8, 4) is 0 Å². The third-order valence-corrected chi connectivity index (χ3v) is 6.33. The molecule has 0 aromatic carbocycles. The van der Waals surface area contributed by atoms with Gasteiger partial charge < -0.3 is 10.1 Å². The molecule has 1 N–H and O–H groups in total. The summed E-state index contributed by atoms with van der Waals surface area (Å²) in [5.41, 5.74) is 0.743. The molecule has 2 heterocycles. The summed E-state index contributed by atoms with van der Waals surface area (Å²) < 4.78 is 5.98. The number of amides is 1. The lowest BCUT2D eigenvalue weighted by atomic mass is 9.84. The molecule has 0 spiro atoms. The number of hydrogen-bond donors (Lipinski definition) is 1. The molecule has 5 nitrogen and oxygen atoms in total. The minimum atomic E-state index is -0.336. The number of pyridine rings is 1. The highest BCUT2D eigenvalue weighted by Crippen LogP contribution is 2.34. The van der Waals surface area contributed by atoms with Crippen molar-refractivity contribution >= 4 is 23.5 Å². The van der Waals surface area contributed by atoms with Crippen LogP contribution < -0.4 is 5.32 Å². The average molecular weight is 362 g/mol. The molecule has 3 rings (SSSR count). The first-order chi connectivity index (χ1) is 12.1. The van der Waals surface area contributed by atoms with Crippen LogP contribution in [-0.2, 0) is 20.7 Å². The summed E-state index contributed by atoms with van der Waals surface area (Å²) in [5, 5.41) is 3.56. The summed E-state index contributed by atoms with van der Waals surface area (Å²) in [5.74, 6) is 0.0349. The van der Waals surface area contributed by atoms with Gasteiger partial charge in [-0.1, -0.05) is 37.1 Å². The first kappa shape index (κ1) is 18.4. The lowest BCUT2D eigenvalue weighted by molar-refractivity contribution is -0.126. The minimum absolute atomic E-state index is 0.0742. The van der Waals surface area contributed by atoms with Crippen LogP contribution in [0, 0.1) is 0 Å². The van der Waals surface area contributed by atoms with Crippen LogP contribution in [0.4, 0.5) is 0 Å². The van der Waals surface area contributed by atoms with Crippen LogP contribution in [0.15, 0.2) is 23.4 Å². The van der Waals surface area contributed by atoms with Crippen molar-refractivity contribution in [3.63, 3.8) is 0 Å². The Morgan fingerprint density at radius 1 is 1.40 bits per heavy atom. The first-order valence-electron chi connectivity index (χ1n) is 9.16. The highest BCUT2D eigenvalue weighted by Gasteiger charge is 2.34. The Morgan fingerprint density at radius 2 is 2.20 bits per heavy atom. The number of carbonyl (C=O) groups excluding carboxylic acids is 2. The molecule has 0 radical (unpaired) electrons. The van der Waals surface area contributed by atoms with Crippen LogP contribution in [0.5, 0.6) is 0 Å². The molecule has 6 heteroatoms. The van der Waals surface area contributed by atoms with Gasteiger partial charge in [0.2, 0.25) is 5.91 Å². The number of thioether (sulfide) groups is 1. The standard InChI is InChI=1S/C19H26N2O3S/c1-2-24-19(8-4-3-5-9-19)13-21-17(23)12-16-15(22)11-14-7-6-10-20-18(14)25-16/h6-7,10,16H,2-5,8-9,11-13H2,1H3,(H,21,23). The fourth-order valence-corrected chi connectivity index (χ4v) is 4.83. The fraction of sp³-hybridized carbons (Fsp3) is 0.632. The Balaban J connectivity index is 1.54. The van der Waals surface area contributed by atoms with E-state index >= 15 is 0 Å². The molecule has 25 heavy (non-hydrogen) atoms. The van der Waals surface area contributed by atoms with Crippen LogP contribution in [0.1, 0.15) is 51.0 Å². The number of rotatable bonds is 6. The summed E-state index contributed by atoms with van der Waals surface area (Å²) in [6.45, 7) is 3.20. The van der Waals surface area contributed by atoms with Crippen molar-refractivity contribution in [2.75, 3.05) is 13.2 Å². The molecule has 1 saturated carbocycles. The quantitative estimate of drug-likeness (QED) is 0.843. The van der Waals surface area contributed by atoms with E-state index in [0.717, 1.165) is 36.3 Å². The van der Waals surface area contributed by atoms with E-state index in [1.54, 1.807) is 6.20 Å². The molecular weight excluding hydrogens is 336 g/mol. The number of ketones is 1. The molecule has 1 aliphatic carbocycles. The minimum Gasteiger partial charge on any atom is -0.373 e. The number of aromatic nitrogens is 1. The summed E-state index contributed by atoms with van der Waals surface area (Å²) in [7, 11) is 0. The molecule has 136 valence electrons. The summed E-state index contributed by atoms with van der Waals surface area (Å²) in [6.07, 6.45) is 7.84. The van der Waals surface area contributed by atoms with E-state index in [2.05, 4.69) is 10.3 Å². The zero-order chi connectivity index (χ0) is 17.7. The lowest BCUT2D eigenvalue weighted by Crippen LogP contribution is -2.47. The van der Waals surface area contributed by atoms with Crippen LogP contribution in [0.2, 0.25) is 0 Å². The van der Waals surface area contributed by atoms with E-state index in [9.17, 15) is 9.59 Å². The number of nitrogens with zero attached hydrogens (tertiary/aromatic N) is 1. The molecule has 1 aromatic rings. The van der Waals surface area contributed by atoms with Gasteiger partial charge in [0, 0.05) is 32.2 Å². The number of fused-ring (bicyclic) bond motifs is 1. The maximum Gasteiger partial charge on any atom is 0.221 e. The van der Waals surface area contributed by atoms with Gasteiger partial charge in [0.25, 0.3) is 0 Å². The molecule has 1 unspecified atom stereocenters.